The Labute approximate surface area is 484 Å². The van der Waals surface area contributed by atoms with Crippen molar-refractivity contribution in [2.45, 2.75) is 226 Å². The third kappa shape index (κ3) is 58.1. The van der Waals surface area contributed by atoms with Gasteiger partial charge in [-0.25, -0.2) is 0 Å². The van der Waals surface area contributed by atoms with Crippen molar-refractivity contribution in [2.24, 2.45) is 0 Å². The summed E-state index contributed by atoms with van der Waals surface area (Å²) in [5, 5.41) is 2.99. The van der Waals surface area contributed by atoms with Crippen molar-refractivity contribution in [2.75, 3.05) is 40.9 Å². The number of unbranched alkanes of at least 4 members (excludes halogenated alkanes) is 13. The molecule has 0 saturated heterocycles. The minimum Gasteiger partial charge on any atom is -0.756 e. The number of amides is 1. The molecule has 0 fully saturated rings. The summed E-state index contributed by atoms with van der Waals surface area (Å²) in [5.74, 6) is -0.684. The van der Waals surface area contributed by atoms with E-state index in [0.29, 0.717) is 23.9 Å². The molecule has 0 aromatic carbocycles. The van der Waals surface area contributed by atoms with E-state index in [4.69, 9.17) is 13.8 Å². The summed E-state index contributed by atoms with van der Waals surface area (Å²) in [4.78, 5) is 39.9. The number of rotatable bonds is 53. The number of hydrogen-bond acceptors (Lipinski definition) is 7. The molecule has 1 N–H and O–H groups in total. The second-order valence-electron chi connectivity index (χ2n) is 21.1. The molecule has 0 spiro atoms. The van der Waals surface area contributed by atoms with E-state index in [0.717, 1.165) is 122 Å². The molecule has 0 heterocycles. The number of nitrogens with one attached hydrogen (secondary N) is 1. The van der Waals surface area contributed by atoms with Crippen molar-refractivity contribution in [1.29, 1.82) is 0 Å². The first kappa shape index (κ1) is 74.6. The fourth-order valence-electron chi connectivity index (χ4n) is 7.78. The first-order valence-corrected chi connectivity index (χ1v) is 32.3. The van der Waals surface area contributed by atoms with Crippen LogP contribution < -0.4 is 10.2 Å². The van der Waals surface area contributed by atoms with Crippen LogP contribution in [0.2, 0.25) is 0 Å². The SMILES string of the molecule is CC/C=C\C/C=C\C/C=C\C/C=C\C/C=C\C/C=C\CCCCCCC(=O)NC(COP(=O)([O-])OCC[N+](C)(C)C)C(/C=C\CCCCCCCCCCC)OC(=O)CC/C=C\C/C=C\C/C=C\C/C=C\C/C=C\C/C=C\CC. The molecular formula is C69H113N2O7P. The molecule has 3 unspecified atom stereocenters. The fraction of sp³-hybridized carbons (Fsp3) is 0.594. The van der Waals surface area contributed by atoms with Crippen LogP contribution in [0.5, 0.6) is 0 Å². The Bertz CT molecular complexity index is 1910. The summed E-state index contributed by atoms with van der Waals surface area (Å²) in [5.41, 5.74) is 0. The van der Waals surface area contributed by atoms with E-state index >= 15 is 0 Å². The number of hydrogen-bond donors (Lipinski definition) is 1. The molecule has 0 aliphatic carbocycles. The Kier molecular flexibility index (Phi) is 53.7. The number of carbonyl (C=O) groups is 2. The van der Waals surface area contributed by atoms with E-state index in [1.807, 2.05) is 39.4 Å². The first-order chi connectivity index (χ1) is 38.4. The molecule has 446 valence electrons. The van der Waals surface area contributed by atoms with Gasteiger partial charge in [0, 0.05) is 12.8 Å². The number of phosphoric ester groups is 1. The smallest absolute Gasteiger partial charge is 0.306 e. The summed E-state index contributed by atoms with van der Waals surface area (Å²) >= 11 is 0. The van der Waals surface area contributed by atoms with Crippen molar-refractivity contribution in [3.8, 4) is 0 Å². The van der Waals surface area contributed by atoms with Crippen LogP contribution >= 0.6 is 7.82 Å². The lowest BCUT2D eigenvalue weighted by Gasteiger charge is -2.30. The molecule has 3 atom stereocenters. The zero-order chi connectivity index (χ0) is 57.9. The molecule has 0 aliphatic rings. The fourth-order valence-corrected chi connectivity index (χ4v) is 8.51. The van der Waals surface area contributed by atoms with Crippen LogP contribution in [0.15, 0.2) is 158 Å². The molecule has 0 aromatic rings. The zero-order valence-corrected chi connectivity index (χ0v) is 51.6. The van der Waals surface area contributed by atoms with E-state index in [9.17, 15) is 19.0 Å². The van der Waals surface area contributed by atoms with E-state index in [-0.39, 0.29) is 25.4 Å². The highest BCUT2D eigenvalue weighted by atomic mass is 31.2. The Morgan fingerprint density at radius 1 is 0.456 bits per heavy atom. The standard InChI is InChI=1S/C69H113N2O7P/c1-7-10-13-16-19-22-25-27-29-31-33-34-35-36-38-39-41-43-46-49-52-55-58-61-68(72)70-66(65-77-79(74,75)76-64-63-71(4,5)6)67(60-57-54-51-48-45-24-21-18-15-12-9-3)78-69(73)62-59-56-53-50-47-44-42-40-37-32-30-28-26-23-20-17-14-11-8-2/h10-11,13-14,19-20,22-23,27-30,33-34,36-38,40-41,43-44,47,53,56-57,60,66-67H,7-9,12,15-18,21,24-26,31-32,35,39,42,45-46,48-52,54-55,58-59,61-65H2,1-6H3,(H-,70,72,74,75)/b13-10-,14-11-,22-19-,23-20-,29-27-,30-28-,34-33-,38-36-,40-37-,43-41-,47-44-,56-53-,60-57-. The van der Waals surface area contributed by atoms with Gasteiger partial charge < -0.3 is 28.5 Å². The minimum absolute atomic E-state index is 0.0486. The van der Waals surface area contributed by atoms with Crippen LogP contribution in [-0.2, 0) is 27.9 Å². The topological polar surface area (TPSA) is 114 Å². The van der Waals surface area contributed by atoms with Crippen molar-refractivity contribution < 1.29 is 37.3 Å². The molecule has 79 heavy (non-hydrogen) atoms. The van der Waals surface area contributed by atoms with Crippen LogP contribution in [-0.4, -0.2) is 69.4 Å². The third-order valence-corrected chi connectivity index (χ3v) is 13.4. The molecule has 0 aliphatic heterocycles. The minimum atomic E-state index is -4.73. The van der Waals surface area contributed by atoms with E-state index in [1.54, 1.807) is 6.08 Å². The maximum absolute atomic E-state index is 13.5. The summed E-state index contributed by atoms with van der Waals surface area (Å²) in [6.07, 6.45) is 83.7. The number of quaternary nitrogens is 1. The monoisotopic (exact) mass is 1110 g/mol. The average Bonchev–Trinajstić information content (AvgIpc) is 3.41. The number of allylic oxidation sites excluding steroid dienone is 25. The Hall–Kier alpha value is -4.37. The third-order valence-electron chi connectivity index (χ3n) is 12.5. The van der Waals surface area contributed by atoms with E-state index in [2.05, 4.69) is 160 Å². The molecular weight excluding hydrogens is 1000 g/mol. The normalized spacial score (nSPS) is 14.8. The number of esters is 1. The Morgan fingerprint density at radius 3 is 1.24 bits per heavy atom. The van der Waals surface area contributed by atoms with Crippen LogP contribution in [0.4, 0.5) is 0 Å². The van der Waals surface area contributed by atoms with Crippen LogP contribution in [0.1, 0.15) is 213 Å². The molecule has 1 amide bonds. The van der Waals surface area contributed by atoms with Gasteiger partial charge in [0.05, 0.1) is 33.8 Å². The predicted molar refractivity (Wildman–Crippen MR) is 339 cm³/mol. The lowest BCUT2D eigenvalue weighted by molar-refractivity contribution is -0.870. The maximum Gasteiger partial charge on any atom is 0.306 e. The predicted octanol–water partition coefficient (Wildman–Crippen LogP) is 18.6. The van der Waals surface area contributed by atoms with Gasteiger partial charge in [-0.3, -0.25) is 14.2 Å². The van der Waals surface area contributed by atoms with Crippen molar-refractivity contribution in [3.63, 3.8) is 0 Å². The maximum atomic E-state index is 13.5. The first-order valence-electron chi connectivity index (χ1n) is 30.8. The van der Waals surface area contributed by atoms with Crippen LogP contribution in [0.3, 0.4) is 0 Å². The lowest BCUT2D eigenvalue weighted by Crippen LogP contribution is -2.47. The van der Waals surface area contributed by atoms with Gasteiger partial charge in [0.1, 0.15) is 19.3 Å². The van der Waals surface area contributed by atoms with Gasteiger partial charge in [0.25, 0.3) is 7.82 Å². The molecule has 0 radical (unpaired) electrons. The van der Waals surface area contributed by atoms with Gasteiger partial charge in [-0.1, -0.05) is 237 Å². The van der Waals surface area contributed by atoms with Crippen molar-refractivity contribution in [3.05, 3.63) is 158 Å². The van der Waals surface area contributed by atoms with Crippen LogP contribution in [0, 0.1) is 0 Å². The average molecular weight is 1110 g/mol. The van der Waals surface area contributed by atoms with E-state index in [1.165, 1.54) is 44.9 Å². The number of carbonyl (C=O) groups excluding carboxylic acids is 2. The quantitative estimate of drug-likeness (QED) is 0.0212. The van der Waals surface area contributed by atoms with Gasteiger partial charge in [-0.2, -0.15) is 0 Å². The highest BCUT2D eigenvalue weighted by Gasteiger charge is 2.27. The highest BCUT2D eigenvalue weighted by molar-refractivity contribution is 7.45. The molecule has 0 rings (SSSR count). The van der Waals surface area contributed by atoms with Crippen LogP contribution in [0.25, 0.3) is 0 Å². The van der Waals surface area contributed by atoms with Gasteiger partial charge in [-0.15, -0.1) is 0 Å². The van der Waals surface area contributed by atoms with E-state index < -0.39 is 32.5 Å². The number of nitrogens with zero attached hydrogens (tertiary/aromatic N) is 1. The largest absolute Gasteiger partial charge is 0.756 e. The van der Waals surface area contributed by atoms with Crippen molar-refractivity contribution >= 4 is 19.7 Å². The summed E-state index contributed by atoms with van der Waals surface area (Å²) in [7, 11) is 1.10. The molecule has 0 aromatic heterocycles. The second kappa shape index (κ2) is 56.9. The number of ether oxygens (including phenoxy) is 1. The van der Waals surface area contributed by atoms with Gasteiger partial charge >= 0.3 is 5.97 Å². The molecule has 9 nitrogen and oxygen atoms in total. The number of likely N-dealkylation sites (N-methyl/N-ethyl adjacent to an activating group) is 1. The molecule has 0 bridgehead atoms. The second-order valence-corrected chi connectivity index (χ2v) is 22.5. The summed E-state index contributed by atoms with van der Waals surface area (Å²) in [6, 6.07) is -0.945. The van der Waals surface area contributed by atoms with Gasteiger partial charge in [0.15, 0.2) is 0 Å². The van der Waals surface area contributed by atoms with Gasteiger partial charge in [-0.05, 0) is 122 Å². The lowest BCUT2D eigenvalue weighted by atomic mass is 10.1. The number of phosphoric acid groups is 1. The Balaban J connectivity index is 5.40. The molecule has 10 heteroatoms. The van der Waals surface area contributed by atoms with Crippen molar-refractivity contribution in [1.82, 2.24) is 5.32 Å². The van der Waals surface area contributed by atoms with Gasteiger partial charge in [0.2, 0.25) is 5.91 Å². The Morgan fingerprint density at radius 2 is 0.823 bits per heavy atom. The highest BCUT2D eigenvalue weighted by Crippen LogP contribution is 2.38. The molecule has 0 saturated carbocycles. The zero-order valence-electron chi connectivity index (χ0n) is 50.8. The summed E-state index contributed by atoms with van der Waals surface area (Å²) in [6.45, 7) is 6.51. The summed E-state index contributed by atoms with van der Waals surface area (Å²) < 4.78 is 30.2.